The number of unbranched alkanes of at least 4 members (excludes halogenated alkanes) is 3. The van der Waals surface area contributed by atoms with Crippen molar-refractivity contribution in [2.24, 2.45) is 0 Å². The van der Waals surface area contributed by atoms with E-state index in [0.29, 0.717) is 23.8 Å². The molecule has 0 aliphatic carbocycles. The van der Waals surface area contributed by atoms with Gasteiger partial charge in [0.05, 0.1) is 13.2 Å². The van der Waals surface area contributed by atoms with E-state index in [-0.39, 0.29) is 30.1 Å². The molecule has 0 amide bonds. The first-order valence-corrected chi connectivity index (χ1v) is 10.6. The van der Waals surface area contributed by atoms with Crippen LogP contribution in [0.2, 0.25) is 0 Å². The van der Waals surface area contributed by atoms with E-state index in [1.54, 1.807) is 36.4 Å². The van der Waals surface area contributed by atoms with Crippen LogP contribution in [-0.4, -0.2) is 31.1 Å². The lowest BCUT2D eigenvalue weighted by Gasteiger charge is -2.09. The summed E-state index contributed by atoms with van der Waals surface area (Å²) in [5.74, 6) is -1.63. The third-order valence-corrected chi connectivity index (χ3v) is 4.73. The van der Waals surface area contributed by atoms with Crippen molar-refractivity contribution in [1.29, 1.82) is 0 Å². The Bertz CT molecular complexity index is 1190. The summed E-state index contributed by atoms with van der Waals surface area (Å²) in [5, 5.41) is 0.647. The van der Waals surface area contributed by atoms with Crippen molar-refractivity contribution in [2.45, 2.75) is 32.6 Å². The molecule has 0 fully saturated rings. The molecule has 33 heavy (non-hydrogen) atoms. The van der Waals surface area contributed by atoms with Crippen molar-refractivity contribution in [3.05, 3.63) is 76.1 Å². The van der Waals surface area contributed by atoms with Crippen LogP contribution in [0.3, 0.4) is 0 Å². The van der Waals surface area contributed by atoms with E-state index in [1.807, 2.05) is 0 Å². The first kappa shape index (κ1) is 23.7. The Hall–Kier alpha value is -3.94. The van der Waals surface area contributed by atoms with Gasteiger partial charge in [-0.15, -0.1) is 0 Å². The highest BCUT2D eigenvalue weighted by molar-refractivity contribution is 5.93. The zero-order chi connectivity index (χ0) is 23.6. The molecule has 0 aliphatic heterocycles. The summed E-state index contributed by atoms with van der Waals surface area (Å²) >= 11 is 0. The van der Waals surface area contributed by atoms with Crippen LogP contribution in [-0.2, 0) is 14.3 Å². The highest BCUT2D eigenvalue weighted by Crippen LogP contribution is 2.19. The van der Waals surface area contributed by atoms with Gasteiger partial charge in [-0.3, -0.25) is 4.79 Å². The van der Waals surface area contributed by atoms with E-state index in [2.05, 4.69) is 0 Å². The van der Waals surface area contributed by atoms with Gasteiger partial charge in [0, 0.05) is 12.3 Å². The summed E-state index contributed by atoms with van der Waals surface area (Å²) in [5.41, 5.74) is -0.252. The van der Waals surface area contributed by atoms with Crippen molar-refractivity contribution in [3.8, 4) is 5.75 Å². The van der Waals surface area contributed by atoms with Gasteiger partial charge >= 0.3 is 23.5 Å². The minimum atomic E-state index is -0.726. The number of hydrogen-bond donors (Lipinski definition) is 0. The first-order chi connectivity index (χ1) is 16.0. The van der Waals surface area contributed by atoms with Crippen LogP contribution in [0, 0.1) is 0 Å². The maximum absolute atomic E-state index is 12.2. The Morgan fingerprint density at radius 3 is 2.09 bits per heavy atom. The highest BCUT2D eigenvalue weighted by Gasteiger charge is 2.16. The topological polar surface area (TPSA) is 109 Å². The predicted molar refractivity (Wildman–Crippen MR) is 119 cm³/mol. The van der Waals surface area contributed by atoms with Crippen molar-refractivity contribution in [3.63, 3.8) is 0 Å². The fourth-order valence-electron chi connectivity index (χ4n) is 3.13. The number of carbonyl (C=O) groups excluding carboxylic acids is 3. The molecule has 0 saturated heterocycles. The van der Waals surface area contributed by atoms with Crippen LogP contribution >= 0.6 is 0 Å². The Kier molecular flexibility index (Phi) is 8.35. The van der Waals surface area contributed by atoms with Gasteiger partial charge in [0.25, 0.3) is 0 Å². The van der Waals surface area contributed by atoms with Crippen LogP contribution in [0.1, 0.15) is 53.3 Å². The normalized spacial score (nSPS) is 10.6. The lowest BCUT2D eigenvalue weighted by Crippen LogP contribution is -2.17. The molecular weight excluding hydrogens is 428 g/mol. The van der Waals surface area contributed by atoms with Gasteiger partial charge < -0.3 is 18.6 Å². The fraction of sp³-hybridized carbons (Fsp3) is 0.280. The number of benzene rings is 2. The van der Waals surface area contributed by atoms with E-state index in [9.17, 15) is 19.2 Å². The van der Waals surface area contributed by atoms with Gasteiger partial charge in [-0.1, -0.05) is 30.3 Å². The molecule has 3 rings (SSSR count). The van der Waals surface area contributed by atoms with Gasteiger partial charge in [-0.25, -0.2) is 14.4 Å². The molecule has 0 radical (unpaired) electrons. The molecule has 0 unspecified atom stereocenters. The average molecular weight is 452 g/mol. The maximum atomic E-state index is 12.2. The standard InChI is InChI=1S/C25H24O8/c1-17(26)32-22-13-7-5-11-19(22)23(27)30-14-8-2-3-9-15-31-24(28)20-16-18-10-4-6-12-21(18)33-25(20)29/h4-7,10-13,16H,2-3,8-9,14-15H2,1H3. The summed E-state index contributed by atoms with van der Waals surface area (Å²) in [7, 11) is 0. The molecule has 8 nitrogen and oxygen atoms in total. The van der Waals surface area contributed by atoms with Crippen LogP contribution < -0.4 is 10.4 Å². The Morgan fingerprint density at radius 1 is 0.788 bits per heavy atom. The number of ether oxygens (including phenoxy) is 3. The molecule has 0 aliphatic rings. The van der Waals surface area contributed by atoms with Crippen LogP contribution in [0.5, 0.6) is 5.75 Å². The number of carbonyl (C=O) groups is 3. The predicted octanol–water partition coefficient (Wildman–Crippen LogP) is 4.29. The summed E-state index contributed by atoms with van der Waals surface area (Å²) < 4.78 is 20.6. The van der Waals surface area contributed by atoms with Crippen molar-refractivity contribution >= 4 is 28.9 Å². The van der Waals surface area contributed by atoms with E-state index in [4.69, 9.17) is 18.6 Å². The number of rotatable bonds is 10. The monoisotopic (exact) mass is 452 g/mol. The number of para-hydroxylation sites is 2. The van der Waals surface area contributed by atoms with Crippen molar-refractivity contribution in [2.75, 3.05) is 13.2 Å². The number of hydrogen-bond acceptors (Lipinski definition) is 8. The van der Waals surface area contributed by atoms with Gasteiger partial charge in [0.1, 0.15) is 22.5 Å². The lowest BCUT2D eigenvalue weighted by molar-refractivity contribution is -0.131. The second-order valence-corrected chi connectivity index (χ2v) is 7.26. The third-order valence-electron chi connectivity index (χ3n) is 4.73. The largest absolute Gasteiger partial charge is 0.462 e. The Labute approximate surface area is 190 Å². The molecule has 0 bridgehead atoms. The van der Waals surface area contributed by atoms with E-state index in [1.165, 1.54) is 25.1 Å². The molecule has 8 heteroatoms. The average Bonchev–Trinajstić information content (AvgIpc) is 2.80. The van der Waals surface area contributed by atoms with Crippen molar-refractivity contribution < 1.29 is 33.0 Å². The molecule has 0 atom stereocenters. The zero-order valence-electron chi connectivity index (χ0n) is 18.2. The Balaban J connectivity index is 1.34. The van der Waals surface area contributed by atoms with Gasteiger partial charge in [-0.05, 0) is 49.9 Å². The molecule has 1 aromatic heterocycles. The van der Waals surface area contributed by atoms with Crippen molar-refractivity contribution in [1.82, 2.24) is 0 Å². The van der Waals surface area contributed by atoms with E-state index < -0.39 is 23.5 Å². The van der Waals surface area contributed by atoms with Crippen LogP contribution in [0.15, 0.2) is 63.8 Å². The Morgan fingerprint density at radius 2 is 1.39 bits per heavy atom. The molecule has 3 aromatic rings. The minimum absolute atomic E-state index is 0.130. The minimum Gasteiger partial charge on any atom is -0.462 e. The van der Waals surface area contributed by atoms with E-state index >= 15 is 0 Å². The second kappa shape index (κ2) is 11.6. The fourth-order valence-corrected chi connectivity index (χ4v) is 3.13. The zero-order valence-corrected chi connectivity index (χ0v) is 18.2. The molecular formula is C25H24O8. The molecule has 0 saturated carbocycles. The van der Waals surface area contributed by atoms with Gasteiger partial charge in [0.2, 0.25) is 0 Å². The number of esters is 3. The molecule has 0 N–H and O–H groups in total. The molecule has 1 heterocycles. The molecule has 2 aromatic carbocycles. The lowest BCUT2D eigenvalue weighted by atomic mass is 10.2. The summed E-state index contributed by atoms with van der Waals surface area (Å²) in [4.78, 5) is 47.5. The quantitative estimate of drug-likeness (QED) is 0.194. The van der Waals surface area contributed by atoms with Crippen LogP contribution in [0.4, 0.5) is 0 Å². The maximum Gasteiger partial charge on any atom is 0.351 e. The first-order valence-electron chi connectivity index (χ1n) is 10.6. The summed E-state index contributed by atoms with van der Waals surface area (Å²) in [6, 6.07) is 14.8. The third kappa shape index (κ3) is 6.77. The molecule has 172 valence electrons. The number of fused-ring (bicyclic) bond motifs is 1. The second-order valence-electron chi connectivity index (χ2n) is 7.26. The smallest absolute Gasteiger partial charge is 0.351 e. The molecule has 0 spiro atoms. The highest BCUT2D eigenvalue weighted by atomic mass is 16.5. The van der Waals surface area contributed by atoms with E-state index in [0.717, 1.165) is 12.8 Å². The van der Waals surface area contributed by atoms with Crippen LogP contribution in [0.25, 0.3) is 11.0 Å². The summed E-state index contributed by atoms with van der Waals surface area (Å²) in [6.07, 6.45) is 2.74. The summed E-state index contributed by atoms with van der Waals surface area (Å²) in [6.45, 7) is 1.64. The van der Waals surface area contributed by atoms with Gasteiger partial charge in [-0.2, -0.15) is 0 Å². The van der Waals surface area contributed by atoms with Gasteiger partial charge in [0.15, 0.2) is 0 Å². The SMILES string of the molecule is CC(=O)Oc1ccccc1C(=O)OCCCCCCOC(=O)c1cc2ccccc2oc1=O.